The predicted molar refractivity (Wildman–Crippen MR) is 165 cm³/mol. The van der Waals surface area contributed by atoms with Gasteiger partial charge < -0.3 is 19.7 Å². The van der Waals surface area contributed by atoms with E-state index in [9.17, 15) is 18.0 Å². The minimum atomic E-state index is -3.94. The highest BCUT2D eigenvalue weighted by Crippen LogP contribution is 2.33. The summed E-state index contributed by atoms with van der Waals surface area (Å²) in [6.07, 6.45) is 2.01. The molecule has 10 heteroatoms. The van der Waals surface area contributed by atoms with Crippen molar-refractivity contribution in [3.8, 4) is 11.5 Å². The Bertz CT molecular complexity index is 1440. The molecule has 0 aliphatic rings. The first kappa shape index (κ1) is 32.5. The highest BCUT2D eigenvalue weighted by Gasteiger charge is 2.34. The van der Waals surface area contributed by atoms with Crippen LogP contribution in [-0.2, 0) is 32.6 Å². The Hall–Kier alpha value is -4.05. The molecule has 3 aromatic carbocycles. The third-order valence-corrected chi connectivity index (χ3v) is 8.21. The van der Waals surface area contributed by atoms with E-state index in [2.05, 4.69) is 5.32 Å². The molecular weight excluding hydrogens is 554 g/mol. The number of benzene rings is 3. The van der Waals surface area contributed by atoms with Gasteiger partial charge in [-0.15, -0.1) is 0 Å². The second kappa shape index (κ2) is 14.7. The molecule has 3 aromatic rings. The van der Waals surface area contributed by atoms with E-state index in [1.165, 1.54) is 25.2 Å². The molecule has 0 unspecified atom stereocenters. The molecule has 0 radical (unpaired) electrons. The Kier molecular flexibility index (Phi) is 11.4. The number of sulfonamides is 1. The summed E-state index contributed by atoms with van der Waals surface area (Å²) >= 11 is 0. The van der Waals surface area contributed by atoms with Crippen molar-refractivity contribution in [2.24, 2.45) is 0 Å². The summed E-state index contributed by atoms with van der Waals surface area (Å²) in [4.78, 5) is 29.5. The van der Waals surface area contributed by atoms with E-state index in [-0.39, 0.29) is 36.4 Å². The maximum absolute atomic E-state index is 14.2. The summed E-state index contributed by atoms with van der Waals surface area (Å²) in [5.74, 6) is -0.130. The quantitative estimate of drug-likeness (QED) is 0.298. The summed E-state index contributed by atoms with van der Waals surface area (Å²) in [5.41, 5.74) is 2.94. The molecule has 3 rings (SSSR count). The van der Waals surface area contributed by atoms with Crippen LogP contribution in [0.15, 0.2) is 72.8 Å². The zero-order chi connectivity index (χ0) is 30.9. The molecule has 0 saturated carbocycles. The normalized spacial score (nSPS) is 12.6. The molecule has 0 aliphatic carbocycles. The van der Waals surface area contributed by atoms with Gasteiger partial charge >= 0.3 is 0 Å². The molecule has 2 atom stereocenters. The lowest BCUT2D eigenvalue weighted by Crippen LogP contribution is -2.54. The number of nitrogens with zero attached hydrogens (tertiary/aromatic N) is 2. The second-order valence-corrected chi connectivity index (χ2v) is 12.2. The number of anilines is 1. The molecule has 226 valence electrons. The maximum Gasteiger partial charge on any atom is 0.244 e. The number of methoxy groups -OCH3 is 2. The van der Waals surface area contributed by atoms with E-state index in [1.807, 2.05) is 75.4 Å². The van der Waals surface area contributed by atoms with Crippen LogP contribution in [-0.4, -0.2) is 64.2 Å². The molecule has 0 fully saturated rings. The lowest BCUT2D eigenvalue weighted by Gasteiger charge is -2.34. The zero-order valence-corrected chi connectivity index (χ0v) is 26.0. The smallest absolute Gasteiger partial charge is 0.244 e. The molecule has 0 heterocycles. The summed E-state index contributed by atoms with van der Waals surface area (Å²) in [5, 5.41) is 3.03. The predicted octanol–water partition coefficient (Wildman–Crippen LogP) is 4.33. The number of carbonyl (C=O) groups is 2. The fourth-order valence-corrected chi connectivity index (χ4v) is 5.32. The number of carbonyl (C=O) groups excluding carboxylic acids is 2. The Balaban J connectivity index is 2.09. The van der Waals surface area contributed by atoms with Crippen LogP contribution in [0.25, 0.3) is 0 Å². The van der Waals surface area contributed by atoms with Gasteiger partial charge in [-0.25, -0.2) is 8.42 Å². The van der Waals surface area contributed by atoms with Crippen LogP contribution in [0.3, 0.4) is 0 Å². The lowest BCUT2D eigenvalue weighted by molar-refractivity contribution is -0.140. The number of hydrogen-bond donors (Lipinski definition) is 1. The summed E-state index contributed by atoms with van der Waals surface area (Å²) in [6, 6.07) is 20.8. The van der Waals surface area contributed by atoms with Crippen molar-refractivity contribution in [2.75, 3.05) is 31.3 Å². The lowest BCUT2D eigenvalue weighted by atomic mass is 10.0. The van der Waals surface area contributed by atoms with Gasteiger partial charge in [-0.05, 0) is 43.5 Å². The first-order valence-corrected chi connectivity index (χ1v) is 15.7. The van der Waals surface area contributed by atoms with Crippen molar-refractivity contribution < 1.29 is 27.5 Å². The van der Waals surface area contributed by atoms with Gasteiger partial charge in [0.1, 0.15) is 24.1 Å². The average molecular weight is 596 g/mol. The number of rotatable bonds is 14. The molecule has 0 spiro atoms. The van der Waals surface area contributed by atoms with Gasteiger partial charge in [-0.2, -0.15) is 0 Å². The fraction of sp³-hybridized carbons (Fsp3) is 0.375. The molecule has 2 amide bonds. The van der Waals surface area contributed by atoms with Crippen molar-refractivity contribution >= 4 is 27.5 Å². The molecule has 0 aromatic heterocycles. The van der Waals surface area contributed by atoms with Gasteiger partial charge in [0.15, 0.2) is 0 Å². The molecule has 0 aliphatic heterocycles. The highest BCUT2D eigenvalue weighted by atomic mass is 32.2. The van der Waals surface area contributed by atoms with Gasteiger partial charge in [0.2, 0.25) is 21.8 Å². The van der Waals surface area contributed by atoms with Gasteiger partial charge in [0.05, 0.1) is 26.2 Å². The van der Waals surface area contributed by atoms with Crippen molar-refractivity contribution in [3.05, 3.63) is 89.5 Å². The SMILES string of the molecule is CC[C@@H](C)NC(=O)[C@@H](Cc1ccccc1)N(Cc1ccc(C)cc1)C(=O)CN(c1ccc(OC)cc1OC)S(C)(=O)=O. The van der Waals surface area contributed by atoms with Gasteiger partial charge in [0.25, 0.3) is 0 Å². The average Bonchev–Trinajstić information content (AvgIpc) is 2.98. The first-order valence-electron chi connectivity index (χ1n) is 13.9. The van der Waals surface area contributed by atoms with E-state index < -0.39 is 28.5 Å². The summed E-state index contributed by atoms with van der Waals surface area (Å²) in [6.45, 7) is 5.43. The van der Waals surface area contributed by atoms with Gasteiger partial charge in [-0.1, -0.05) is 67.1 Å². The van der Waals surface area contributed by atoms with E-state index in [0.29, 0.717) is 5.75 Å². The van der Waals surface area contributed by atoms with E-state index >= 15 is 0 Å². The van der Waals surface area contributed by atoms with Gasteiger partial charge in [-0.3, -0.25) is 13.9 Å². The minimum Gasteiger partial charge on any atom is -0.497 e. The zero-order valence-electron chi connectivity index (χ0n) is 25.2. The Morgan fingerprint density at radius 3 is 2.17 bits per heavy atom. The minimum absolute atomic E-state index is 0.108. The summed E-state index contributed by atoms with van der Waals surface area (Å²) in [7, 11) is -1.03. The second-order valence-electron chi connectivity index (χ2n) is 10.3. The Morgan fingerprint density at radius 1 is 0.929 bits per heavy atom. The van der Waals surface area contributed by atoms with Crippen LogP contribution in [0.2, 0.25) is 0 Å². The van der Waals surface area contributed by atoms with Crippen LogP contribution in [0.1, 0.15) is 37.0 Å². The van der Waals surface area contributed by atoms with Crippen LogP contribution < -0.4 is 19.1 Å². The maximum atomic E-state index is 14.2. The molecule has 9 nitrogen and oxygen atoms in total. The number of aryl methyl sites for hydroxylation is 1. The monoisotopic (exact) mass is 595 g/mol. The van der Waals surface area contributed by atoms with Gasteiger partial charge in [0, 0.05) is 25.1 Å². The van der Waals surface area contributed by atoms with E-state index in [1.54, 1.807) is 12.1 Å². The first-order chi connectivity index (χ1) is 20.0. The number of amides is 2. The number of nitrogens with one attached hydrogen (secondary N) is 1. The third kappa shape index (κ3) is 8.72. The molecule has 0 bridgehead atoms. The van der Waals surface area contributed by atoms with E-state index in [0.717, 1.165) is 33.7 Å². The molecular formula is C32H41N3O6S. The van der Waals surface area contributed by atoms with Crippen molar-refractivity contribution in [1.29, 1.82) is 0 Å². The van der Waals surface area contributed by atoms with Crippen molar-refractivity contribution in [1.82, 2.24) is 10.2 Å². The van der Waals surface area contributed by atoms with Crippen molar-refractivity contribution in [3.63, 3.8) is 0 Å². The van der Waals surface area contributed by atoms with Crippen LogP contribution in [0, 0.1) is 6.92 Å². The third-order valence-electron chi connectivity index (χ3n) is 7.08. The standard InChI is InChI=1S/C32H41N3O6S/c1-7-24(3)33-32(37)29(19-25-11-9-8-10-12-25)34(21-26-15-13-23(2)14-16-26)31(36)22-35(42(6,38)39)28-18-17-27(40-4)20-30(28)41-5/h8-18,20,24,29H,7,19,21-22H2,1-6H3,(H,33,37)/t24-,29-/m1/s1. The topological polar surface area (TPSA) is 105 Å². The molecule has 1 N–H and O–H groups in total. The van der Waals surface area contributed by atoms with Crippen LogP contribution in [0.4, 0.5) is 5.69 Å². The highest BCUT2D eigenvalue weighted by molar-refractivity contribution is 7.92. The largest absolute Gasteiger partial charge is 0.497 e. The molecule has 42 heavy (non-hydrogen) atoms. The molecule has 0 saturated heterocycles. The number of ether oxygens (including phenoxy) is 2. The Morgan fingerprint density at radius 2 is 1.60 bits per heavy atom. The Labute approximate surface area is 249 Å². The van der Waals surface area contributed by atoms with Crippen LogP contribution >= 0.6 is 0 Å². The number of hydrogen-bond acceptors (Lipinski definition) is 6. The van der Waals surface area contributed by atoms with Crippen molar-refractivity contribution in [2.45, 2.75) is 52.2 Å². The van der Waals surface area contributed by atoms with E-state index in [4.69, 9.17) is 9.47 Å². The fourth-order valence-electron chi connectivity index (χ4n) is 4.47. The van der Waals surface area contributed by atoms with Crippen LogP contribution in [0.5, 0.6) is 11.5 Å². The summed E-state index contributed by atoms with van der Waals surface area (Å²) < 4.78 is 37.9.